The Morgan fingerprint density at radius 2 is 1.60 bits per heavy atom. The predicted molar refractivity (Wildman–Crippen MR) is 70.0 cm³/mol. The van der Waals surface area contributed by atoms with Crippen molar-refractivity contribution in [3.05, 3.63) is 0 Å². The first-order chi connectivity index (χ1) is 6.85. The van der Waals surface area contributed by atoms with Crippen LogP contribution in [0.3, 0.4) is 0 Å². The highest BCUT2D eigenvalue weighted by atomic mass is 28.3. The fourth-order valence-electron chi connectivity index (χ4n) is 2.19. The number of aliphatic hydroxyl groups is 1. The highest BCUT2D eigenvalue weighted by molar-refractivity contribution is 6.84. The molecule has 1 unspecified atom stereocenters. The molecule has 0 saturated carbocycles. The molecule has 90 valence electrons. The first-order valence-corrected chi connectivity index (χ1v) is 8.42. The lowest BCUT2D eigenvalue weighted by atomic mass is 10.4. The van der Waals surface area contributed by atoms with Gasteiger partial charge in [0.05, 0.1) is 19.5 Å². The van der Waals surface area contributed by atoms with E-state index in [4.69, 9.17) is 0 Å². The lowest BCUT2D eigenvalue weighted by molar-refractivity contribution is 0.205. The van der Waals surface area contributed by atoms with Crippen LogP contribution in [0.4, 0.5) is 0 Å². The molecule has 0 bridgehead atoms. The first kappa shape index (κ1) is 14.6. The molecule has 0 saturated heterocycles. The minimum absolute atomic E-state index is 0.699. The first-order valence-electron chi connectivity index (χ1n) is 5.80. The van der Waals surface area contributed by atoms with E-state index in [1.165, 1.54) is 0 Å². The summed E-state index contributed by atoms with van der Waals surface area (Å²) in [5.74, 6) is 0. The second-order valence-electron chi connectivity index (χ2n) is 4.58. The molecule has 4 heteroatoms. The van der Waals surface area contributed by atoms with Crippen LogP contribution in [0.25, 0.3) is 0 Å². The summed E-state index contributed by atoms with van der Waals surface area (Å²) < 4.78 is 0. The zero-order valence-electron chi connectivity index (χ0n) is 11.0. The van der Waals surface area contributed by atoms with Crippen LogP contribution in [0.15, 0.2) is 5.10 Å². The minimum Gasteiger partial charge on any atom is -0.388 e. The number of hydrogen-bond acceptors (Lipinski definition) is 3. The third-order valence-electron chi connectivity index (χ3n) is 3.64. The molecule has 0 aliphatic carbocycles. The zero-order valence-corrected chi connectivity index (χ0v) is 12.0. The summed E-state index contributed by atoms with van der Waals surface area (Å²) in [6, 6.07) is 3.31. The number of nitrogens with zero attached hydrogens (tertiary/aromatic N) is 2. The van der Waals surface area contributed by atoms with E-state index in [9.17, 15) is 5.11 Å². The molecule has 0 spiro atoms. The topological polar surface area (TPSA) is 35.8 Å². The van der Waals surface area contributed by atoms with E-state index >= 15 is 0 Å². The molecule has 0 aromatic rings. The Morgan fingerprint density at radius 3 is 1.87 bits per heavy atom. The monoisotopic (exact) mass is 230 g/mol. The van der Waals surface area contributed by atoms with Crippen LogP contribution in [0, 0.1) is 0 Å². The van der Waals surface area contributed by atoms with Gasteiger partial charge in [-0.1, -0.05) is 38.9 Å². The van der Waals surface area contributed by atoms with Crippen molar-refractivity contribution in [1.82, 2.24) is 5.01 Å². The van der Waals surface area contributed by atoms with Crippen LogP contribution in [0.1, 0.15) is 27.7 Å². The van der Waals surface area contributed by atoms with Gasteiger partial charge in [0.25, 0.3) is 0 Å². The van der Waals surface area contributed by atoms with Crippen molar-refractivity contribution in [2.24, 2.45) is 5.10 Å². The SMILES string of the molecule is CC[Si](CC)(CC)C(C)(O)C=NN(C)C. The van der Waals surface area contributed by atoms with E-state index in [0.29, 0.717) is 0 Å². The Hall–Kier alpha value is -0.353. The van der Waals surface area contributed by atoms with E-state index < -0.39 is 13.3 Å². The van der Waals surface area contributed by atoms with Crippen molar-refractivity contribution >= 4 is 14.3 Å². The Bertz CT molecular complexity index is 202. The van der Waals surface area contributed by atoms with Gasteiger partial charge in [0.15, 0.2) is 0 Å². The standard InChI is InChI=1S/C11H26N2OSi/c1-7-15(8-2,9-3)11(4,14)10-12-13(5)6/h10,14H,7-9H2,1-6H3. The third-order valence-corrected chi connectivity index (χ3v) is 9.98. The summed E-state index contributed by atoms with van der Waals surface area (Å²) in [5.41, 5.74) is 0. The van der Waals surface area contributed by atoms with Gasteiger partial charge >= 0.3 is 0 Å². The minimum atomic E-state index is -1.63. The molecule has 0 aromatic heterocycles. The van der Waals surface area contributed by atoms with E-state index in [0.717, 1.165) is 18.1 Å². The van der Waals surface area contributed by atoms with Crippen LogP contribution in [-0.2, 0) is 0 Å². The third kappa shape index (κ3) is 3.31. The molecule has 0 aliphatic rings. The maximum absolute atomic E-state index is 10.6. The molecule has 1 atom stereocenters. The molecule has 3 nitrogen and oxygen atoms in total. The molecule has 0 radical (unpaired) electrons. The highest BCUT2D eigenvalue weighted by Crippen LogP contribution is 2.31. The van der Waals surface area contributed by atoms with E-state index in [1.807, 2.05) is 21.0 Å². The molecule has 1 N–H and O–H groups in total. The summed E-state index contributed by atoms with van der Waals surface area (Å²) in [6.07, 6.45) is 1.73. The highest BCUT2D eigenvalue weighted by Gasteiger charge is 2.44. The average Bonchev–Trinajstić information content (AvgIpc) is 2.18. The average molecular weight is 230 g/mol. The van der Waals surface area contributed by atoms with Gasteiger partial charge in [0.2, 0.25) is 0 Å². The lowest BCUT2D eigenvalue weighted by Gasteiger charge is -2.39. The summed E-state index contributed by atoms with van der Waals surface area (Å²) in [4.78, 5) is 0. The fraction of sp³-hybridized carbons (Fsp3) is 0.909. The Labute approximate surface area is 95.2 Å². The van der Waals surface area contributed by atoms with Gasteiger partial charge in [-0.3, -0.25) is 0 Å². The smallest absolute Gasteiger partial charge is 0.0970 e. The van der Waals surface area contributed by atoms with Gasteiger partial charge in [-0.15, -0.1) is 0 Å². The van der Waals surface area contributed by atoms with Gasteiger partial charge < -0.3 is 10.1 Å². The van der Waals surface area contributed by atoms with Gasteiger partial charge in [-0.2, -0.15) is 5.10 Å². The summed E-state index contributed by atoms with van der Waals surface area (Å²) in [6.45, 7) is 8.49. The molecular weight excluding hydrogens is 204 g/mol. The molecule has 15 heavy (non-hydrogen) atoms. The van der Waals surface area contributed by atoms with Gasteiger partial charge in [-0.25, -0.2) is 0 Å². The Balaban J connectivity index is 4.94. The Kier molecular flexibility index (Phi) is 5.52. The van der Waals surface area contributed by atoms with Crippen molar-refractivity contribution in [3.63, 3.8) is 0 Å². The van der Waals surface area contributed by atoms with Crippen LogP contribution >= 0.6 is 0 Å². The van der Waals surface area contributed by atoms with Crippen LogP contribution in [-0.4, -0.2) is 43.7 Å². The van der Waals surface area contributed by atoms with Crippen LogP contribution < -0.4 is 0 Å². The predicted octanol–water partition coefficient (Wildman–Crippen LogP) is 2.33. The number of rotatable bonds is 6. The van der Waals surface area contributed by atoms with Crippen LogP contribution in [0.5, 0.6) is 0 Å². The van der Waals surface area contributed by atoms with Crippen molar-refractivity contribution in [1.29, 1.82) is 0 Å². The van der Waals surface area contributed by atoms with E-state index in [-0.39, 0.29) is 0 Å². The van der Waals surface area contributed by atoms with Gasteiger partial charge in [0.1, 0.15) is 0 Å². The van der Waals surface area contributed by atoms with Crippen molar-refractivity contribution in [2.75, 3.05) is 14.1 Å². The Morgan fingerprint density at radius 1 is 1.20 bits per heavy atom. The van der Waals surface area contributed by atoms with Crippen molar-refractivity contribution < 1.29 is 5.11 Å². The normalized spacial score (nSPS) is 16.7. The van der Waals surface area contributed by atoms with E-state index in [2.05, 4.69) is 25.9 Å². The zero-order chi connectivity index (χ0) is 12.1. The molecule has 0 heterocycles. The van der Waals surface area contributed by atoms with Gasteiger partial charge in [-0.05, 0) is 6.92 Å². The molecule has 0 amide bonds. The fourth-order valence-corrected chi connectivity index (χ4v) is 6.17. The van der Waals surface area contributed by atoms with Crippen LogP contribution in [0.2, 0.25) is 18.1 Å². The summed E-state index contributed by atoms with van der Waals surface area (Å²) in [5, 5.41) is 15.8. The molecule has 0 fully saturated rings. The van der Waals surface area contributed by atoms with Crippen molar-refractivity contribution in [3.8, 4) is 0 Å². The number of hydrogen-bond donors (Lipinski definition) is 1. The molecular formula is C11H26N2OSi. The second-order valence-corrected chi connectivity index (χ2v) is 10.3. The molecule has 0 aromatic carbocycles. The largest absolute Gasteiger partial charge is 0.388 e. The maximum Gasteiger partial charge on any atom is 0.0970 e. The summed E-state index contributed by atoms with van der Waals surface area (Å²) >= 11 is 0. The quantitative estimate of drug-likeness (QED) is 0.432. The van der Waals surface area contributed by atoms with E-state index in [1.54, 1.807) is 11.2 Å². The maximum atomic E-state index is 10.6. The van der Waals surface area contributed by atoms with Crippen molar-refractivity contribution in [2.45, 2.75) is 51.1 Å². The lowest BCUT2D eigenvalue weighted by Crippen LogP contribution is -2.56. The van der Waals surface area contributed by atoms with Gasteiger partial charge in [0, 0.05) is 14.1 Å². The second kappa shape index (κ2) is 5.65. The summed E-state index contributed by atoms with van der Waals surface area (Å²) in [7, 11) is 2.12. The molecule has 0 rings (SSSR count). The number of hydrazone groups is 1. The molecule has 0 aliphatic heterocycles.